The first kappa shape index (κ1) is 50.3. The molecule has 0 radical (unpaired) electrons. The van der Waals surface area contributed by atoms with Gasteiger partial charge in [-0.15, -0.1) is 0 Å². The van der Waals surface area contributed by atoms with Gasteiger partial charge in [-0.25, -0.2) is 14.2 Å². The number of nitrogens with zero attached hydrogens (tertiary/aromatic N) is 3. The summed E-state index contributed by atoms with van der Waals surface area (Å²) in [6, 6.07) is 9.96. The van der Waals surface area contributed by atoms with Gasteiger partial charge in [0, 0.05) is 67.1 Å². The minimum absolute atomic E-state index is 0.0000322. The van der Waals surface area contributed by atoms with Crippen LogP contribution in [0, 0.1) is 12.7 Å². The van der Waals surface area contributed by atoms with Gasteiger partial charge in [-0.05, 0) is 60.9 Å². The summed E-state index contributed by atoms with van der Waals surface area (Å²) in [6.07, 6.45) is 3.02. The maximum atomic E-state index is 15.4. The van der Waals surface area contributed by atoms with E-state index in [1.807, 2.05) is 0 Å². The number of nitrogens with one attached hydrogen (secondary N) is 6. The summed E-state index contributed by atoms with van der Waals surface area (Å²) in [5.74, 6) is -6.04. The van der Waals surface area contributed by atoms with Crippen LogP contribution < -0.4 is 37.5 Å². The number of ether oxygens (including phenoxy) is 1. The number of esters is 1. The van der Waals surface area contributed by atoms with E-state index in [9.17, 15) is 53.1 Å². The van der Waals surface area contributed by atoms with Crippen molar-refractivity contribution in [3.05, 3.63) is 110 Å². The Kier molecular flexibility index (Phi) is 14.7. The molecule has 376 valence electrons. The van der Waals surface area contributed by atoms with Crippen LogP contribution in [0.15, 0.2) is 59.4 Å². The largest absolute Gasteiger partial charge is 0.458 e. The fraction of sp³-hybridized carbons (Fsp3) is 0.380. The van der Waals surface area contributed by atoms with Gasteiger partial charge in [-0.3, -0.25) is 48.1 Å². The molecule has 0 bridgehead atoms. The second kappa shape index (κ2) is 21.1. The molecule has 1 unspecified atom stereocenters. The van der Waals surface area contributed by atoms with Crippen molar-refractivity contribution in [2.75, 3.05) is 32.7 Å². The van der Waals surface area contributed by atoms with Gasteiger partial charge in [-0.2, -0.15) is 0 Å². The van der Waals surface area contributed by atoms with Crippen LogP contribution in [0.1, 0.15) is 84.0 Å². The number of aliphatic hydroxyl groups is 1. The summed E-state index contributed by atoms with van der Waals surface area (Å²) in [5, 5.41) is 27.6. The number of benzene rings is 2. The predicted molar refractivity (Wildman–Crippen MR) is 252 cm³/mol. The summed E-state index contributed by atoms with van der Waals surface area (Å²) in [7, 11) is 0. The molecule has 0 spiro atoms. The van der Waals surface area contributed by atoms with Gasteiger partial charge in [0.1, 0.15) is 18.5 Å². The minimum Gasteiger partial charge on any atom is -0.458 e. The highest BCUT2D eigenvalue weighted by atomic mass is 19.1. The van der Waals surface area contributed by atoms with Crippen LogP contribution in [0.2, 0.25) is 0 Å². The monoisotopic (exact) mass is 989 g/mol. The van der Waals surface area contributed by atoms with E-state index in [0.29, 0.717) is 57.4 Å². The average molecular weight is 990 g/mol. The van der Waals surface area contributed by atoms with E-state index in [1.54, 1.807) is 50.2 Å². The van der Waals surface area contributed by atoms with E-state index in [-0.39, 0.29) is 75.4 Å². The summed E-state index contributed by atoms with van der Waals surface area (Å²) in [4.78, 5) is 133. The van der Waals surface area contributed by atoms with E-state index in [1.165, 1.54) is 10.6 Å². The number of carbonyl (C=O) groups is 9. The minimum atomic E-state index is -2.04. The van der Waals surface area contributed by atoms with E-state index < -0.39 is 96.0 Å². The molecule has 8 amide bonds. The lowest BCUT2D eigenvalue weighted by Gasteiger charge is -2.31. The number of amides is 8. The summed E-state index contributed by atoms with van der Waals surface area (Å²) in [5.41, 5.74) is 2.11. The Morgan fingerprint density at radius 2 is 1.56 bits per heavy atom. The van der Waals surface area contributed by atoms with E-state index in [2.05, 4.69) is 31.9 Å². The standard InChI is InChI=1S/C50H52FN9O12/c1-3-50(71)31-19-36-46-29(24-60(36)48(69)30(31)25-72-49(50)70)45-33(12-11-28-26(2)32(51)20-34(58-46)44(28)45)56-38(62)10-7-16-52-39(63)22-55-47(68)35(18-27-8-5-4-6-9-27)57-41(65)23-54-40(64)21-53-37(61)15-17-59-42(66)13-14-43(59)67/h4-6,8-9,13-14,19-20,33,35,71H,3,7,10-12,15-18,21-25H2,1-2H3,(H,52,63)(H,53,61)(H,54,64)(H,55,68)(H,56,62)(H,57,65)/t33-,35?,50-/m0/s1. The third kappa shape index (κ3) is 10.3. The number of pyridine rings is 2. The Labute approximate surface area is 410 Å². The first-order valence-corrected chi connectivity index (χ1v) is 23.5. The fourth-order valence-electron chi connectivity index (χ4n) is 9.47. The number of aromatic nitrogens is 2. The lowest BCUT2D eigenvalue weighted by atomic mass is 9.81. The van der Waals surface area contributed by atoms with Gasteiger partial charge < -0.3 is 46.3 Å². The first-order chi connectivity index (χ1) is 34.5. The second-order valence-corrected chi connectivity index (χ2v) is 17.9. The molecule has 21 nitrogen and oxygen atoms in total. The van der Waals surface area contributed by atoms with Crippen LogP contribution in [0.4, 0.5) is 4.39 Å². The van der Waals surface area contributed by atoms with Crippen molar-refractivity contribution in [2.45, 2.75) is 89.6 Å². The molecule has 0 saturated heterocycles. The summed E-state index contributed by atoms with van der Waals surface area (Å²) in [6.45, 7) is 1.47. The quantitative estimate of drug-likeness (QED) is 0.0324. The molecule has 1 aliphatic carbocycles. The Hall–Kier alpha value is -8.14. The lowest BCUT2D eigenvalue weighted by molar-refractivity contribution is -0.172. The average Bonchev–Trinajstić information content (AvgIpc) is 3.90. The van der Waals surface area contributed by atoms with Crippen molar-refractivity contribution < 1.29 is 57.4 Å². The van der Waals surface area contributed by atoms with Gasteiger partial charge in [0.15, 0.2) is 5.60 Å². The van der Waals surface area contributed by atoms with Crippen LogP contribution in [-0.2, 0) is 79.5 Å². The van der Waals surface area contributed by atoms with E-state index >= 15 is 4.39 Å². The topological polar surface area (TPSA) is 293 Å². The zero-order valence-electron chi connectivity index (χ0n) is 39.4. The molecule has 3 atom stereocenters. The molecule has 72 heavy (non-hydrogen) atoms. The number of aryl methyl sites for hydroxylation is 1. The zero-order valence-corrected chi connectivity index (χ0v) is 39.4. The van der Waals surface area contributed by atoms with Crippen LogP contribution in [0.3, 0.4) is 0 Å². The van der Waals surface area contributed by atoms with Gasteiger partial charge in [0.2, 0.25) is 35.4 Å². The highest BCUT2D eigenvalue weighted by Gasteiger charge is 2.46. The molecule has 2 aromatic heterocycles. The highest BCUT2D eigenvalue weighted by molar-refractivity contribution is 6.13. The zero-order chi connectivity index (χ0) is 51.4. The molecule has 5 heterocycles. The molecular weight excluding hydrogens is 938 g/mol. The summed E-state index contributed by atoms with van der Waals surface area (Å²) < 4.78 is 22.1. The molecule has 8 rings (SSSR count). The van der Waals surface area contributed by atoms with Gasteiger partial charge in [0.25, 0.3) is 17.4 Å². The van der Waals surface area contributed by atoms with Crippen molar-refractivity contribution in [1.82, 2.24) is 46.4 Å². The SMILES string of the molecule is CC[C@@]1(O)C(=O)OCc2c1cc1n(c2=O)Cc2c-1nc1cc(F)c(C)c3c1c2[C@@H](NC(=O)CCCNC(=O)CNC(=O)C(Cc1ccccc1)NC(=O)CNC(=O)CNC(=O)CCN1C(=O)C=CC1=O)CC3. The number of halogens is 1. The first-order valence-electron chi connectivity index (χ1n) is 23.5. The number of hydrogen-bond donors (Lipinski definition) is 7. The Morgan fingerprint density at radius 3 is 2.29 bits per heavy atom. The Bertz CT molecular complexity index is 3030. The van der Waals surface area contributed by atoms with Crippen molar-refractivity contribution >= 4 is 64.1 Å². The molecule has 2 aromatic carbocycles. The van der Waals surface area contributed by atoms with Crippen molar-refractivity contribution in [3.8, 4) is 11.4 Å². The maximum absolute atomic E-state index is 15.4. The smallest absolute Gasteiger partial charge is 0.343 e. The van der Waals surface area contributed by atoms with Crippen molar-refractivity contribution in [1.29, 1.82) is 0 Å². The maximum Gasteiger partial charge on any atom is 0.343 e. The third-order valence-corrected chi connectivity index (χ3v) is 13.3. The van der Waals surface area contributed by atoms with Gasteiger partial charge >= 0.3 is 5.97 Å². The Morgan fingerprint density at radius 1 is 0.861 bits per heavy atom. The molecule has 4 aromatic rings. The lowest BCUT2D eigenvalue weighted by Crippen LogP contribution is -2.52. The van der Waals surface area contributed by atoms with E-state index in [0.717, 1.165) is 22.6 Å². The van der Waals surface area contributed by atoms with Crippen LogP contribution >= 0.6 is 0 Å². The number of cyclic esters (lactones) is 1. The number of rotatable bonds is 19. The normalized spacial score (nSPS) is 17.6. The summed E-state index contributed by atoms with van der Waals surface area (Å²) >= 11 is 0. The molecular formula is C50H52FN9O12. The van der Waals surface area contributed by atoms with Crippen LogP contribution in [0.5, 0.6) is 0 Å². The fourth-order valence-corrected chi connectivity index (χ4v) is 9.47. The van der Waals surface area contributed by atoms with Crippen LogP contribution in [0.25, 0.3) is 22.3 Å². The van der Waals surface area contributed by atoms with Gasteiger partial charge in [0.05, 0.1) is 54.7 Å². The molecule has 0 fully saturated rings. The molecule has 0 saturated carbocycles. The molecule has 22 heteroatoms. The Balaban J connectivity index is 0.835. The molecule has 7 N–H and O–H groups in total. The molecule has 3 aliphatic heterocycles. The number of hydrogen-bond acceptors (Lipinski definition) is 13. The third-order valence-electron chi connectivity index (χ3n) is 13.3. The molecule has 4 aliphatic rings. The van der Waals surface area contributed by atoms with Gasteiger partial charge in [-0.1, -0.05) is 37.3 Å². The van der Waals surface area contributed by atoms with Crippen molar-refractivity contribution in [2.24, 2.45) is 0 Å². The second-order valence-electron chi connectivity index (χ2n) is 17.9. The van der Waals surface area contributed by atoms with Crippen LogP contribution in [-0.4, -0.2) is 112 Å². The predicted octanol–water partition coefficient (Wildman–Crippen LogP) is -0.0818. The number of fused-ring (bicyclic) bond motifs is 5. The van der Waals surface area contributed by atoms with E-state index in [4.69, 9.17) is 9.72 Å². The number of carbonyl (C=O) groups excluding carboxylic acids is 9. The highest BCUT2D eigenvalue weighted by Crippen LogP contribution is 2.46. The van der Waals surface area contributed by atoms with Crippen molar-refractivity contribution in [3.63, 3.8) is 0 Å². The number of imide groups is 1.